The van der Waals surface area contributed by atoms with Gasteiger partial charge in [0.1, 0.15) is 4.83 Å². The monoisotopic (exact) mass is 344 g/mol. The second kappa shape index (κ2) is 6.35. The van der Waals surface area contributed by atoms with Crippen molar-refractivity contribution >= 4 is 37.7 Å². The summed E-state index contributed by atoms with van der Waals surface area (Å²) in [6.45, 7) is 9.39. The van der Waals surface area contributed by atoms with Gasteiger partial charge in [0.15, 0.2) is 0 Å². The van der Waals surface area contributed by atoms with Gasteiger partial charge in [-0.15, -0.1) is 11.3 Å². The topological polar surface area (TPSA) is 44.5 Å². The number of hydrogen-bond donors (Lipinski definition) is 1. The van der Waals surface area contributed by atoms with E-state index in [9.17, 15) is 0 Å². The van der Waals surface area contributed by atoms with Gasteiger partial charge >= 0.3 is 0 Å². The average Bonchev–Trinajstić information content (AvgIpc) is 3.11. The molecule has 0 aliphatic carbocycles. The molecular weight excluding hydrogens is 320 g/mol. The summed E-state index contributed by atoms with van der Waals surface area (Å²) in [6.07, 6.45) is 0. The maximum absolute atomic E-state index is 9.12. The number of fused-ring (bicyclic) bond motifs is 3. The number of imidazole rings is 1. The van der Waals surface area contributed by atoms with Crippen molar-refractivity contribution in [2.24, 2.45) is 0 Å². The van der Waals surface area contributed by atoms with Gasteiger partial charge in [0, 0.05) is 48.9 Å². The molecule has 24 heavy (non-hydrogen) atoms. The molecule has 1 fully saturated rings. The smallest absolute Gasteiger partial charge is 0.207 e. The van der Waals surface area contributed by atoms with Crippen molar-refractivity contribution in [1.82, 2.24) is 14.5 Å². The molecule has 0 spiro atoms. The summed E-state index contributed by atoms with van der Waals surface area (Å²) in [5.74, 6) is 1.10. The highest BCUT2D eigenvalue weighted by Gasteiger charge is 2.25. The first-order valence-corrected chi connectivity index (χ1v) is 9.48. The fraction of sp³-hybridized carbons (Fsp3) is 0.500. The SMILES string of the molecule is CC(C)n1c(N2CCN(CCO)CC2)nc2sc3ccccc3c21. The van der Waals surface area contributed by atoms with Crippen LogP contribution in [-0.4, -0.2) is 58.9 Å². The van der Waals surface area contributed by atoms with Crippen LogP contribution in [-0.2, 0) is 0 Å². The number of β-amino-alcohol motifs (C(OH)–C–C–N with tert-alkyl or cyclic N) is 1. The Morgan fingerprint density at radius 2 is 1.92 bits per heavy atom. The van der Waals surface area contributed by atoms with Gasteiger partial charge < -0.3 is 14.6 Å². The Bertz CT molecular complexity index is 845. The molecule has 0 saturated carbocycles. The van der Waals surface area contributed by atoms with E-state index < -0.39 is 0 Å². The van der Waals surface area contributed by atoms with Gasteiger partial charge in [-0.25, -0.2) is 4.98 Å². The van der Waals surface area contributed by atoms with Gasteiger partial charge in [-0.3, -0.25) is 4.90 Å². The number of thiophene rings is 1. The zero-order valence-corrected chi connectivity index (χ0v) is 15.1. The summed E-state index contributed by atoms with van der Waals surface area (Å²) in [5, 5.41) is 10.4. The number of rotatable bonds is 4. The molecule has 1 N–H and O–H groups in total. The number of hydrogen-bond acceptors (Lipinski definition) is 5. The van der Waals surface area contributed by atoms with Crippen molar-refractivity contribution in [2.75, 3.05) is 44.2 Å². The number of anilines is 1. The fourth-order valence-electron chi connectivity index (χ4n) is 3.60. The minimum Gasteiger partial charge on any atom is -0.395 e. The highest BCUT2D eigenvalue weighted by atomic mass is 32.1. The molecule has 128 valence electrons. The highest BCUT2D eigenvalue weighted by molar-refractivity contribution is 7.25. The molecule has 0 radical (unpaired) electrons. The van der Waals surface area contributed by atoms with E-state index in [4.69, 9.17) is 10.1 Å². The predicted molar refractivity (Wildman–Crippen MR) is 101 cm³/mol. The van der Waals surface area contributed by atoms with Crippen molar-refractivity contribution in [3.63, 3.8) is 0 Å². The Labute approximate surface area is 146 Å². The first-order chi connectivity index (χ1) is 11.7. The fourth-order valence-corrected chi connectivity index (χ4v) is 4.66. The second-order valence-electron chi connectivity index (χ2n) is 6.68. The minimum absolute atomic E-state index is 0.238. The van der Waals surface area contributed by atoms with Gasteiger partial charge in [-0.05, 0) is 19.9 Å². The summed E-state index contributed by atoms with van der Waals surface area (Å²) >= 11 is 1.78. The molecule has 2 aromatic heterocycles. The molecule has 4 rings (SSSR count). The van der Waals surface area contributed by atoms with Crippen molar-refractivity contribution in [2.45, 2.75) is 19.9 Å². The molecule has 1 aromatic carbocycles. The van der Waals surface area contributed by atoms with Crippen molar-refractivity contribution in [3.05, 3.63) is 24.3 Å². The molecule has 1 saturated heterocycles. The molecule has 0 atom stereocenters. The van der Waals surface area contributed by atoms with Gasteiger partial charge in [0.2, 0.25) is 5.95 Å². The molecule has 1 aliphatic rings. The normalized spacial score (nSPS) is 16.8. The largest absolute Gasteiger partial charge is 0.395 e. The number of piperazine rings is 1. The van der Waals surface area contributed by atoms with Gasteiger partial charge in [0.05, 0.1) is 12.1 Å². The van der Waals surface area contributed by atoms with Crippen LogP contribution in [0.1, 0.15) is 19.9 Å². The number of benzene rings is 1. The number of aliphatic hydroxyl groups is 1. The predicted octanol–water partition coefficient (Wildman–Crippen LogP) is 2.95. The van der Waals surface area contributed by atoms with Crippen molar-refractivity contribution in [1.29, 1.82) is 0 Å². The molecule has 3 aromatic rings. The zero-order valence-electron chi connectivity index (χ0n) is 14.3. The highest BCUT2D eigenvalue weighted by Crippen LogP contribution is 2.38. The molecule has 0 bridgehead atoms. The van der Waals surface area contributed by atoms with Crippen LogP contribution in [0.25, 0.3) is 20.4 Å². The molecule has 5 nitrogen and oxygen atoms in total. The Morgan fingerprint density at radius 3 is 2.62 bits per heavy atom. The van der Waals surface area contributed by atoms with E-state index in [-0.39, 0.29) is 6.61 Å². The summed E-state index contributed by atoms with van der Waals surface area (Å²) in [5.41, 5.74) is 1.28. The first-order valence-electron chi connectivity index (χ1n) is 8.66. The molecule has 0 unspecified atom stereocenters. The van der Waals surface area contributed by atoms with Crippen LogP contribution in [0.2, 0.25) is 0 Å². The third-order valence-electron chi connectivity index (χ3n) is 4.80. The number of aliphatic hydroxyl groups excluding tert-OH is 1. The van der Waals surface area contributed by atoms with E-state index >= 15 is 0 Å². The Hall–Kier alpha value is -1.63. The van der Waals surface area contributed by atoms with E-state index in [0.29, 0.717) is 6.04 Å². The van der Waals surface area contributed by atoms with Crippen LogP contribution in [0.4, 0.5) is 5.95 Å². The molecule has 0 amide bonds. The van der Waals surface area contributed by atoms with Crippen LogP contribution in [0.15, 0.2) is 24.3 Å². The van der Waals surface area contributed by atoms with E-state index in [2.05, 4.69) is 52.5 Å². The standard InChI is InChI=1S/C18H24N4OS/c1-13(2)22-16-14-5-3-4-6-15(14)24-17(16)19-18(22)21-9-7-20(8-10-21)11-12-23/h3-6,13,23H,7-12H2,1-2H3. The van der Waals surface area contributed by atoms with Gasteiger partial charge in [-0.1, -0.05) is 18.2 Å². The van der Waals surface area contributed by atoms with Crippen molar-refractivity contribution in [3.8, 4) is 0 Å². The third kappa shape index (κ3) is 2.59. The molecule has 3 heterocycles. The lowest BCUT2D eigenvalue weighted by Crippen LogP contribution is -2.48. The maximum atomic E-state index is 9.12. The van der Waals surface area contributed by atoms with E-state index in [1.165, 1.54) is 15.6 Å². The summed E-state index contributed by atoms with van der Waals surface area (Å²) in [4.78, 5) is 10.9. The number of nitrogens with zero attached hydrogens (tertiary/aromatic N) is 4. The van der Waals surface area contributed by atoms with Crippen molar-refractivity contribution < 1.29 is 5.11 Å². The lowest BCUT2D eigenvalue weighted by molar-refractivity contribution is 0.188. The first kappa shape index (κ1) is 15.9. The summed E-state index contributed by atoms with van der Waals surface area (Å²) in [6, 6.07) is 8.97. The van der Waals surface area contributed by atoms with Crippen LogP contribution in [0.5, 0.6) is 0 Å². The van der Waals surface area contributed by atoms with Crippen LogP contribution in [0, 0.1) is 0 Å². The van der Waals surface area contributed by atoms with Crippen LogP contribution in [0.3, 0.4) is 0 Å². The summed E-state index contributed by atoms with van der Waals surface area (Å²) < 4.78 is 3.71. The average molecular weight is 344 g/mol. The van der Waals surface area contributed by atoms with Gasteiger partial charge in [-0.2, -0.15) is 0 Å². The lowest BCUT2D eigenvalue weighted by atomic mass is 10.2. The zero-order chi connectivity index (χ0) is 16.7. The van der Waals surface area contributed by atoms with Gasteiger partial charge in [0.25, 0.3) is 0 Å². The van der Waals surface area contributed by atoms with Crippen LogP contribution >= 0.6 is 11.3 Å². The Balaban J connectivity index is 1.75. The Kier molecular flexibility index (Phi) is 4.20. The third-order valence-corrected chi connectivity index (χ3v) is 5.85. The van der Waals surface area contributed by atoms with E-state index in [0.717, 1.165) is 43.5 Å². The summed E-state index contributed by atoms with van der Waals surface area (Å²) in [7, 11) is 0. The quantitative estimate of drug-likeness (QED) is 0.790. The minimum atomic E-state index is 0.238. The van der Waals surface area contributed by atoms with E-state index in [1.807, 2.05) is 0 Å². The lowest BCUT2D eigenvalue weighted by Gasteiger charge is -2.35. The van der Waals surface area contributed by atoms with Crippen LogP contribution < -0.4 is 4.90 Å². The van der Waals surface area contributed by atoms with E-state index in [1.54, 1.807) is 11.3 Å². The number of aromatic nitrogens is 2. The molecule has 1 aliphatic heterocycles. The molecular formula is C18H24N4OS. The maximum Gasteiger partial charge on any atom is 0.207 e. The second-order valence-corrected chi connectivity index (χ2v) is 7.71. The molecule has 6 heteroatoms. The Morgan fingerprint density at radius 1 is 1.17 bits per heavy atom.